The second-order valence-electron chi connectivity index (χ2n) is 4.70. The number of amides is 1. The number of nitrogens with two attached hydrogens (primary N) is 1. The van der Waals surface area contributed by atoms with Crippen molar-refractivity contribution in [2.24, 2.45) is 23.5 Å². The molecular formula is C12H24N2O3. The van der Waals surface area contributed by atoms with E-state index in [-0.39, 0.29) is 24.3 Å². The van der Waals surface area contributed by atoms with E-state index in [2.05, 4.69) is 0 Å². The van der Waals surface area contributed by atoms with Crippen molar-refractivity contribution >= 4 is 11.9 Å². The largest absolute Gasteiger partial charge is 0.481 e. The van der Waals surface area contributed by atoms with Gasteiger partial charge in [-0.2, -0.15) is 0 Å². The number of hydrogen-bond donors (Lipinski definition) is 2. The Morgan fingerprint density at radius 1 is 1.29 bits per heavy atom. The van der Waals surface area contributed by atoms with Crippen molar-refractivity contribution in [1.29, 1.82) is 0 Å². The molecular weight excluding hydrogens is 220 g/mol. The summed E-state index contributed by atoms with van der Waals surface area (Å²) >= 11 is 0. The van der Waals surface area contributed by atoms with Crippen molar-refractivity contribution in [3.63, 3.8) is 0 Å². The smallest absolute Gasteiger partial charge is 0.308 e. The molecule has 0 aromatic rings. The summed E-state index contributed by atoms with van der Waals surface area (Å²) in [4.78, 5) is 24.5. The summed E-state index contributed by atoms with van der Waals surface area (Å²) in [6, 6.07) is 0. The first-order valence-corrected chi connectivity index (χ1v) is 6.06. The van der Waals surface area contributed by atoms with Gasteiger partial charge in [0.1, 0.15) is 0 Å². The van der Waals surface area contributed by atoms with E-state index in [1.54, 1.807) is 11.8 Å². The highest BCUT2D eigenvalue weighted by molar-refractivity contribution is 5.80. The molecule has 3 N–H and O–H groups in total. The normalized spacial score (nSPS) is 14.5. The highest BCUT2D eigenvalue weighted by Crippen LogP contribution is 2.14. The number of rotatable bonds is 7. The fraction of sp³-hybridized carbons (Fsp3) is 0.833. The van der Waals surface area contributed by atoms with Gasteiger partial charge < -0.3 is 15.7 Å². The number of nitrogens with zero attached hydrogens (tertiary/aromatic N) is 1. The molecule has 0 fully saturated rings. The van der Waals surface area contributed by atoms with Crippen LogP contribution in [0.3, 0.4) is 0 Å². The average molecular weight is 244 g/mol. The molecule has 0 radical (unpaired) electrons. The Morgan fingerprint density at radius 3 is 2.12 bits per heavy atom. The third-order valence-electron chi connectivity index (χ3n) is 2.99. The third-order valence-corrected chi connectivity index (χ3v) is 2.99. The number of aliphatic carboxylic acids is 1. The Morgan fingerprint density at radius 2 is 1.82 bits per heavy atom. The van der Waals surface area contributed by atoms with E-state index in [1.807, 2.05) is 20.8 Å². The fourth-order valence-corrected chi connectivity index (χ4v) is 1.68. The number of hydrogen-bond acceptors (Lipinski definition) is 3. The van der Waals surface area contributed by atoms with Crippen molar-refractivity contribution in [3.8, 4) is 0 Å². The molecule has 17 heavy (non-hydrogen) atoms. The van der Waals surface area contributed by atoms with Gasteiger partial charge >= 0.3 is 5.97 Å². The number of carbonyl (C=O) groups is 2. The van der Waals surface area contributed by atoms with Gasteiger partial charge in [0, 0.05) is 19.6 Å². The summed E-state index contributed by atoms with van der Waals surface area (Å²) in [7, 11) is 0. The molecule has 5 nitrogen and oxygen atoms in total. The summed E-state index contributed by atoms with van der Waals surface area (Å²) < 4.78 is 0. The molecule has 0 aromatic carbocycles. The lowest BCUT2D eigenvalue weighted by molar-refractivity contribution is -0.144. The second kappa shape index (κ2) is 7.27. The summed E-state index contributed by atoms with van der Waals surface area (Å²) in [5.41, 5.74) is 5.59. The zero-order valence-electron chi connectivity index (χ0n) is 11.1. The van der Waals surface area contributed by atoms with Crippen LogP contribution in [0.1, 0.15) is 27.7 Å². The Bertz CT molecular complexity index is 266. The zero-order chi connectivity index (χ0) is 13.6. The highest BCUT2D eigenvalue weighted by atomic mass is 16.4. The SMILES string of the molecule is CCN(CC(C)C(=O)O)C(=O)C(CN)C(C)C. The van der Waals surface area contributed by atoms with E-state index >= 15 is 0 Å². The molecule has 0 aliphatic carbocycles. The van der Waals surface area contributed by atoms with Crippen LogP contribution in [0.2, 0.25) is 0 Å². The molecule has 0 aliphatic rings. The average Bonchev–Trinajstić information content (AvgIpc) is 2.25. The first-order chi connectivity index (χ1) is 7.84. The predicted octanol–water partition coefficient (Wildman–Crippen LogP) is 0.787. The first-order valence-electron chi connectivity index (χ1n) is 6.06. The Labute approximate surface area is 103 Å². The van der Waals surface area contributed by atoms with Gasteiger partial charge in [-0.25, -0.2) is 0 Å². The molecule has 0 rings (SSSR count). The molecule has 5 heteroatoms. The topological polar surface area (TPSA) is 83.6 Å². The highest BCUT2D eigenvalue weighted by Gasteiger charge is 2.27. The van der Waals surface area contributed by atoms with Gasteiger partial charge in [-0.05, 0) is 12.8 Å². The molecule has 0 bridgehead atoms. The molecule has 0 spiro atoms. The van der Waals surface area contributed by atoms with Crippen LogP contribution in [0.5, 0.6) is 0 Å². The lowest BCUT2D eigenvalue weighted by atomic mass is 9.94. The standard InChI is InChI=1S/C12H24N2O3/c1-5-14(7-9(4)12(16)17)11(15)10(6-13)8(2)3/h8-10H,5-7,13H2,1-4H3,(H,16,17). The summed E-state index contributed by atoms with van der Waals surface area (Å²) in [5.74, 6) is -1.54. The van der Waals surface area contributed by atoms with Crippen molar-refractivity contribution in [2.75, 3.05) is 19.6 Å². The predicted molar refractivity (Wildman–Crippen MR) is 66.4 cm³/mol. The summed E-state index contributed by atoms with van der Waals surface area (Å²) in [5, 5.41) is 8.85. The van der Waals surface area contributed by atoms with E-state index in [4.69, 9.17) is 10.8 Å². The molecule has 0 aromatic heterocycles. The van der Waals surface area contributed by atoms with Gasteiger partial charge in [0.15, 0.2) is 0 Å². The number of carboxylic acids is 1. The molecule has 2 unspecified atom stereocenters. The van der Waals surface area contributed by atoms with Crippen molar-refractivity contribution in [3.05, 3.63) is 0 Å². The Kier molecular flexibility index (Phi) is 6.80. The lowest BCUT2D eigenvalue weighted by Gasteiger charge is -2.28. The van der Waals surface area contributed by atoms with E-state index in [0.29, 0.717) is 13.1 Å². The van der Waals surface area contributed by atoms with Gasteiger partial charge in [0.2, 0.25) is 5.91 Å². The molecule has 0 saturated carbocycles. The van der Waals surface area contributed by atoms with E-state index in [1.165, 1.54) is 0 Å². The van der Waals surface area contributed by atoms with Crippen molar-refractivity contribution < 1.29 is 14.7 Å². The van der Waals surface area contributed by atoms with Crippen LogP contribution < -0.4 is 5.73 Å². The van der Waals surface area contributed by atoms with E-state index in [9.17, 15) is 9.59 Å². The van der Waals surface area contributed by atoms with Gasteiger partial charge in [0.05, 0.1) is 11.8 Å². The van der Waals surface area contributed by atoms with Gasteiger partial charge in [-0.15, -0.1) is 0 Å². The quantitative estimate of drug-likeness (QED) is 0.693. The lowest BCUT2D eigenvalue weighted by Crippen LogP contribution is -2.44. The van der Waals surface area contributed by atoms with Crippen LogP contribution in [0.4, 0.5) is 0 Å². The van der Waals surface area contributed by atoms with Crippen molar-refractivity contribution in [2.45, 2.75) is 27.7 Å². The molecule has 1 amide bonds. The van der Waals surface area contributed by atoms with Crippen molar-refractivity contribution in [1.82, 2.24) is 4.90 Å². The van der Waals surface area contributed by atoms with Crippen LogP contribution in [0.15, 0.2) is 0 Å². The number of carbonyl (C=O) groups excluding carboxylic acids is 1. The minimum absolute atomic E-state index is 0.0434. The maximum atomic E-state index is 12.2. The fourth-order valence-electron chi connectivity index (χ4n) is 1.68. The second-order valence-corrected chi connectivity index (χ2v) is 4.70. The molecule has 2 atom stereocenters. The maximum absolute atomic E-state index is 12.2. The zero-order valence-corrected chi connectivity index (χ0v) is 11.1. The Hall–Kier alpha value is -1.10. The molecule has 0 heterocycles. The Balaban J connectivity index is 4.64. The van der Waals surface area contributed by atoms with Crippen LogP contribution in [-0.2, 0) is 9.59 Å². The minimum atomic E-state index is -0.884. The summed E-state index contributed by atoms with van der Waals surface area (Å²) in [6.45, 7) is 8.40. The molecule has 0 saturated heterocycles. The van der Waals surface area contributed by atoms with E-state index < -0.39 is 11.9 Å². The monoisotopic (exact) mass is 244 g/mol. The van der Waals surface area contributed by atoms with Gasteiger partial charge in [0.25, 0.3) is 0 Å². The van der Waals surface area contributed by atoms with Crippen LogP contribution in [0.25, 0.3) is 0 Å². The third kappa shape index (κ3) is 4.73. The molecule has 100 valence electrons. The van der Waals surface area contributed by atoms with Crippen LogP contribution in [-0.4, -0.2) is 41.5 Å². The van der Waals surface area contributed by atoms with Gasteiger partial charge in [-0.1, -0.05) is 20.8 Å². The van der Waals surface area contributed by atoms with Crippen LogP contribution >= 0.6 is 0 Å². The van der Waals surface area contributed by atoms with E-state index in [0.717, 1.165) is 0 Å². The van der Waals surface area contributed by atoms with Crippen LogP contribution in [0, 0.1) is 17.8 Å². The molecule has 0 aliphatic heterocycles. The minimum Gasteiger partial charge on any atom is -0.481 e. The first kappa shape index (κ1) is 15.9. The maximum Gasteiger partial charge on any atom is 0.308 e. The number of carboxylic acid groups (broad SMARTS) is 1. The van der Waals surface area contributed by atoms with Gasteiger partial charge in [-0.3, -0.25) is 9.59 Å². The summed E-state index contributed by atoms with van der Waals surface area (Å²) in [6.07, 6.45) is 0.